The van der Waals surface area contributed by atoms with Crippen LogP contribution in [0.4, 0.5) is 0 Å². The lowest BCUT2D eigenvalue weighted by atomic mass is 10.1. The molecule has 1 aromatic heterocycles. The SMILES string of the molecule is N#Cc1cccc(-c2nc3cc(C(=O)O)ccc3o2)c1. The zero-order valence-electron chi connectivity index (χ0n) is 10.2. The maximum absolute atomic E-state index is 10.9. The van der Waals surface area contributed by atoms with Gasteiger partial charge in [-0.3, -0.25) is 0 Å². The van der Waals surface area contributed by atoms with Gasteiger partial charge in [-0.25, -0.2) is 9.78 Å². The van der Waals surface area contributed by atoms with Crippen molar-refractivity contribution >= 4 is 17.1 Å². The average molecular weight is 264 g/mol. The van der Waals surface area contributed by atoms with Gasteiger partial charge >= 0.3 is 5.97 Å². The van der Waals surface area contributed by atoms with Gasteiger partial charge in [0.2, 0.25) is 5.89 Å². The third-order valence-electron chi connectivity index (χ3n) is 2.87. The van der Waals surface area contributed by atoms with Gasteiger partial charge in [-0.15, -0.1) is 0 Å². The highest BCUT2D eigenvalue weighted by atomic mass is 16.4. The Hall–Kier alpha value is -3.13. The number of hydrogen-bond donors (Lipinski definition) is 1. The fourth-order valence-corrected chi connectivity index (χ4v) is 1.91. The molecule has 2 aromatic carbocycles. The van der Waals surface area contributed by atoms with Crippen molar-refractivity contribution in [3.63, 3.8) is 0 Å². The molecule has 5 nitrogen and oxygen atoms in total. The van der Waals surface area contributed by atoms with E-state index in [9.17, 15) is 4.79 Å². The summed E-state index contributed by atoms with van der Waals surface area (Å²) in [4.78, 5) is 15.2. The third kappa shape index (κ3) is 1.99. The minimum absolute atomic E-state index is 0.156. The van der Waals surface area contributed by atoms with Crippen molar-refractivity contribution in [3.05, 3.63) is 53.6 Å². The summed E-state index contributed by atoms with van der Waals surface area (Å²) in [6, 6.07) is 13.4. The van der Waals surface area contributed by atoms with Crippen molar-refractivity contribution in [1.82, 2.24) is 4.98 Å². The smallest absolute Gasteiger partial charge is 0.335 e. The monoisotopic (exact) mass is 264 g/mol. The molecule has 0 aliphatic carbocycles. The highest BCUT2D eigenvalue weighted by Crippen LogP contribution is 2.25. The highest BCUT2D eigenvalue weighted by Gasteiger charge is 2.11. The van der Waals surface area contributed by atoms with Gasteiger partial charge in [0, 0.05) is 5.56 Å². The highest BCUT2D eigenvalue weighted by molar-refractivity contribution is 5.92. The molecule has 0 amide bonds. The first-order chi connectivity index (χ1) is 9.67. The van der Waals surface area contributed by atoms with Crippen LogP contribution in [-0.4, -0.2) is 16.1 Å². The van der Waals surface area contributed by atoms with E-state index >= 15 is 0 Å². The lowest BCUT2D eigenvalue weighted by Gasteiger charge is -1.94. The summed E-state index contributed by atoms with van der Waals surface area (Å²) in [5.74, 6) is -0.650. The van der Waals surface area contributed by atoms with E-state index in [1.807, 2.05) is 6.07 Å². The Bertz CT molecular complexity index is 859. The predicted molar refractivity (Wildman–Crippen MR) is 71.1 cm³/mol. The zero-order chi connectivity index (χ0) is 14.1. The van der Waals surface area contributed by atoms with Gasteiger partial charge in [0.05, 0.1) is 17.2 Å². The van der Waals surface area contributed by atoms with E-state index in [0.717, 1.165) is 0 Å². The molecule has 3 rings (SSSR count). The van der Waals surface area contributed by atoms with Crippen molar-refractivity contribution in [1.29, 1.82) is 5.26 Å². The summed E-state index contributed by atoms with van der Waals surface area (Å²) in [5, 5.41) is 17.8. The first-order valence-corrected chi connectivity index (χ1v) is 5.82. The first-order valence-electron chi connectivity index (χ1n) is 5.82. The molecule has 0 aliphatic heterocycles. The van der Waals surface area contributed by atoms with E-state index in [2.05, 4.69) is 4.98 Å². The van der Waals surface area contributed by atoms with Crippen molar-refractivity contribution in [2.45, 2.75) is 0 Å². The minimum Gasteiger partial charge on any atom is -0.478 e. The number of benzene rings is 2. The number of fused-ring (bicyclic) bond motifs is 1. The number of carbonyl (C=O) groups is 1. The minimum atomic E-state index is -1.01. The summed E-state index contributed by atoms with van der Waals surface area (Å²) in [5.41, 5.74) is 2.32. The number of rotatable bonds is 2. The van der Waals surface area contributed by atoms with Crippen molar-refractivity contribution < 1.29 is 14.3 Å². The molecule has 0 bridgehead atoms. The lowest BCUT2D eigenvalue weighted by Crippen LogP contribution is -1.94. The quantitative estimate of drug-likeness (QED) is 0.768. The maximum Gasteiger partial charge on any atom is 0.335 e. The standard InChI is InChI=1S/C15H8N2O3/c16-8-9-2-1-3-10(6-9)14-17-12-7-11(15(18)19)4-5-13(12)20-14/h1-7H,(H,18,19). The van der Waals surface area contributed by atoms with Crippen LogP contribution in [0.25, 0.3) is 22.6 Å². The van der Waals surface area contributed by atoms with Gasteiger partial charge in [0.1, 0.15) is 5.52 Å². The number of hydrogen-bond acceptors (Lipinski definition) is 4. The average Bonchev–Trinajstić information content (AvgIpc) is 2.90. The van der Waals surface area contributed by atoms with Crippen LogP contribution in [0.15, 0.2) is 46.9 Å². The van der Waals surface area contributed by atoms with Crippen LogP contribution < -0.4 is 0 Å². The fourth-order valence-electron chi connectivity index (χ4n) is 1.91. The van der Waals surface area contributed by atoms with Crippen LogP contribution in [0.2, 0.25) is 0 Å². The van der Waals surface area contributed by atoms with Crippen LogP contribution in [0, 0.1) is 11.3 Å². The summed E-state index contributed by atoms with van der Waals surface area (Å²) < 4.78 is 5.57. The van der Waals surface area contributed by atoms with E-state index in [1.54, 1.807) is 30.3 Å². The van der Waals surface area contributed by atoms with Crippen LogP contribution in [0.1, 0.15) is 15.9 Å². The summed E-state index contributed by atoms with van der Waals surface area (Å²) in [6.45, 7) is 0. The molecule has 0 radical (unpaired) electrons. The molecule has 0 saturated heterocycles. The molecule has 0 unspecified atom stereocenters. The molecular formula is C15H8N2O3. The molecule has 0 atom stereocenters. The van der Waals surface area contributed by atoms with Crippen LogP contribution in [-0.2, 0) is 0 Å². The van der Waals surface area contributed by atoms with E-state index in [-0.39, 0.29) is 5.56 Å². The Labute approximate surface area is 113 Å². The Kier molecular flexibility index (Phi) is 2.70. The molecule has 1 N–H and O–H groups in total. The van der Waals surface area contributed by atoms with Crippen LogP contribution in [0.3, 0.4) is 0 Å². The van der Waals surface area contributed by atoms with Gasteiger partial charge < -0.3 is 9.52 Å². The summed E-state index contributed by atoms with van der Waals surface area (Å²) >= 11 is 0. The fraction of sp³-hybridized carbons (Fsp3) is 0. The van der Waals surface area contributed by atoms with Crippen LogP contribution in [0.5, 0.6) is 0 Å². The Morgan fingerprint density at radius 3 is 2.85 bits per heavy atom. The molecule has 0 fully saturated rings. The second-order valence-corrected chi connectivity index (χ2v) is 4.20. The van der Waals surface area contributed by atoms with Gasteiger partial charge in [0.15, 0.2) is 5.58 Å². The second kappa shape index (κ2) is 4.52. The molecule has 0 spiro atoms. The lowest BCUT2D eigenvalue weighted by molar-refractivity contribution is 0.0697. The Balaban J connectivity index is 2.13. The Morgan fingerprint density at radius 1 is 1.25 bits per heavy atom. The first kappa shape index (κ1) is 11.9. The second-order valence-electron chi connectivity index (χ2n) is 4.20. The number of aromatic nitrogens is 1. The molecule has 96 valence electrons. The third-order valence-corrected chi connectivity index (χ3v) is 2.87. The molecular weight excluding hydrogens is 256 g/mol. The maximum atomic E-state index is 10.9. The van der Waals surface area contributed by atoms with E-state index in [4.69, 9.17) is 14.8 Å². The van der Waals surface area contributed by atoms with E-state index < -0.39 is 5.97 Å². The summed E-state index contributed by atoms with van der Waals surface area (Å²) in [6.07, 6.45) is 0. The number of oxazole rings is 1. The number of aromatic carboxylic acids is 1. The number of nitrogens with zero attached hydrogens (tertiary/aromatic N) is 2. The normalized spacial score (nSPS) is 10.3. The van der Waals surface area contributed by atoms with Gasteiger partial charge in [-0.2, -0.15) is 5.26 Å². The number of carboxylic acid groups (broad SMARTS) is 1. The van der Waals surface area contributed by atoms with Gasteiger partial charge in [-0.1, -0.05) is 6.07 Å². The van der Waals surface area contributed by atoms with Crippen molar-refractivity contribution in [3.8, 4) is 17.5 Å². The van der Waals surface area contributed by atoms with E-state index in [1.165, 1.54) is 12.1 Å². The summed E-state index contributed by atoms with van der Waals surface area (Å²) in [7, 11) is 0. The zero-order valence-corrected chi connectivity index (χ0v) is 10.2. The predicted octanol–water partition coefficient (Wildman–Crippen LogP) is 3.06. The van der Waals surface area contributed by atoms with Gasteiger partial charge in [-0.05, 0) is 36.4 Å². The van der Waals surface area contributed by atoms with Gasteiger partial charge in [0.25, 0.3) is 0 Å². The molecule has 20 heavy (non-hydrogen) atoms. The van der Waals surface area contributed by atoms with Crippen molar-refractivity contribution in [2.75, 3.05) is 0 Å². The topological polar surface area (TPSA) is 87.1 Å². The molecule has 1 heterocycles. The molecule has 3 aromatic rings. The van der Waals surface area contributed by atoms with Crippen LogP contribution >= 0.6 is 0 Å². The van der Waals surface area contributed by atoms with E-state index in [0.29, 0.717) is 28.1 Å². The molecule has 5 heteroatoms. The molecule has 0 aliphatic rings. The molecule has 0 saturated carbocycles. The largest absolute Gasteiger partial charge is 0.478 e. The Morgan fingerprint density at radius 2 is 2.10 bits per heavy atom. The number of nitriles is 1. The van der Waals surface area contributed by atoms with Crippen molar-refractivity contribution in [2.24, 2.45) is 0 Å². The number of carboxylic acids is 1.